The van der Waals surface area contributed by atoms with Crippen molar-refractivity contribution in [1.29, 1.82) is 0 Å². The molecule has 0 radical (unpaired) electrons. The zero-order valence-corrected chi connectivity index (χ0v) is 21.2. The monoisotopic (exact) mass is 515 g/mol. The zero-order valence-electron chi connectivity index (χ0n) is 21.2. The molecule has 0 fully saturated rings. The fourth-order valence-electron chi connectivity index (χ4n) is 5.97. The van der Waals surface area contributed by atoms with Crippen molar-refractivity contribution in [3.05, 3.63) is 130 Å². The van der Waals surface area contributed by atoms with Gasteiger partial charge < -0.3 is 15.3 Å². The minimum atomic E-state index is -0.250. The number of aromatic nitrogens is 2. The van der Waals surface area contributed by atoms with Crippen molar-refractivity contribution in [2.24, 2.45) is 20.0 Å². The Hall–Kier alpha value is -5.56. The normalized spacial score (nSPS) is 16.8. The largest absolute Gasteiger partial charge is 0.346 e. The number of hydrogen-bond donors (Lipinski definition) is 3. The molecule has 5 heterocycles. The van der Waals surface area contributed by atoms with E-state index >= 15 is 0 Å². The Kier molecular flexibility index (Phi) is 4.26. The molecule has 1 atom stereocenters. The summed E-state index contributed by atoms with van der Waals surface area (Å²) in [7, 11) is 0. The van der Waals surface area contributed by atoms with Gasteiger partial charge in [-0.2, -0.15) is 0 Å². The number of benzene rings is 4. The lowest BCUT2D eigenvalue weighted by molar-refractivity contribution is 0.856. The van der Waals surface area contributed by atoms with Gasteiger partial charge in [-0.3, -0.25) is 4.99 Å². The smallest absolute Gasteiger partial charge is 0.164 e. The maximum atomic E-state index is 5.16. The third kappa shape index (κ3) is 3.06. The highest BCUT2D eigenvalue weighted by Crippen LogP contribution is 2.37. The summed E-state index contributed by atoms with van der Waals surface area (Å²) in [6.07, 6.45) is 1.88. The van der Waals surface area contributed by atoms with Crippen LogP contribution < -0.4 is 16.2 Å². The molecule has 8 bridgehead atoms. The first-order chi connectivity index (χ1) is 19.8. The second-order valence-corrected chi connectivity index (χ2v) is 10.1. The molecular weight excluding hydrogens is 494 g/mol. The summed E-state index contributed by atoms with van der Waals surface area (Å²) >= 11 is 0. The third-order valence-electron chi connectivity index (χ3n) is 7.84. The molecule has 2 aromatic heterocycles. The van der Waals surface area contributed by atoms with Crippen molar-refractivity contribution in [3.8, 4) is 0 Å². The number of H-pyrrole nitrogens is 2. The molecule has 3 aliphatic heterocycles. The Bertz CT molecular complexity index is 2260. The molecule has 0 amide bonds. The first-order valence-electron chi connectivity index (χ1n) is 13.3. The van der Waals surface area contributed by atoms with E-state index in [9.17, 15) is 0 Å². The summed E-state index contributed by atoms with van der Waals surface area (Å²) in [5, 5.41) is 8.82. The Morgan fingerprint density at radius 2 is 1.20 bits per heavy atom. The van der Waals surface area contributed by atoms with E-state index in [4.69, 9.17) is 20.0 Å². The molecule has 7 nitrogen and oxygen atoms in total. The third-order valence-corrected chi connectivity index (χ3v) is 7.84. The molecule has 3 aliphatic rings. The fourth-order valence-corrected chi connectivity index (χ4v) is 5.97. The minimum Gasteiger partial charge on any atom is -0.346 e. The average molecular weight is 516 g/mol. The lowest BCUT2D eigenvalue weighted by Gasteiger charge is -2.12. The van der Waals surface area contributed by atoms with Gasteiger partial charge in [-0.15, -0.1) is 0 Å². The molecule has 3 N–H and O–H groups in total. The van der Waals surface area contributed by atoms with Crippen LogP contribution in [0.1, 0.15) is 28.4 Å². The van der Waals surface area contributed by atoms with Crippen LogP contribution in [0.15, 0.2) is 117 Å². The van der Waals surface area contributed by atoms with Gasteiger partial charge in [0.05, 0.1) is 5.71 Å². The molecule has 188 valence electrons. The summed E-state index contributed by atoms with van der Waals surface area (Å²) in [6.45, 7) is 0. The van der Waals surface area contributed by atoms with Crippen LogP contribution >= 0.6 is 0 Å². The molecule has 0 aliphatic carbocycles. The van der Waals surface area contributed by atoms with Crippen molar-refractivity contribution in [3.63, 3.8) is 0 Å². The predicted octanol–water partition coefficient (Wildman–Crippen LogP) is 5.52. The van der Waals surface area contributed by atoms with E-state index in [1.807, 2.05) is 30.3 Å². The molecule has 9 rings (SSSR count). The van der Waals surface area contributed by atoms with E-state index in [-0.39, 0.29) is 6.17 Å². The number of amidine groups is 2. The van der Waals surface area contributed by atoms with Gasteiger partial charge in [0.25, 0.3) is 0 Å². The van der Waals surface area contributed by atoms with Crippen LogP contribution in [0.5, 0.6) is 0 Å². The maximum Gasteiger partial charge on any atom is 0.164 e. The van der Waals surface area contributed by atoms with Crippen LogP contribution in [0.4, 0.5) is 11.6 Å². The fraction of sp³-hybridized carbons (Fsp3) is 0.0303. The number of hydrogen-bond acceptors (Lipinski definition) is 5. The zero-order chi connectivity index (χ0) is 26.2. The van der Waals surface area contributed by atoms with Crippen LogP contribution in [0.25, 0.3) is 27.6 Å². The number of aliphatic imine (C=N–C) groups is 3. The second-order valence-electron chi connectivity index (χ2n) is 10.1. The molecule has 40 heavy (non-hydrogen) atoms. The van der Waals surface area contributed by atoms with Gasteiger partial charge >= 0.3 is 0 Å². The van der Waals surface area contributed by atoms with Crippen LogP contribution in [-0.2, 0) is 0 Å². The predicted molar refractivity (Wildman–Crippen MR) is 160 cm³/mol. The van der Waals surface area contributed by atoms with Gasteiger partial charge in [0.15, 0.2) is 11.7 Å². The quantitative estimate of drug-likeness (QED) is 0.244. The molecule has 0 unspecified atom stereocenters. The Balaban J connectivity index is 1.39. The highest BCUT2D eigenvalue weighted by Gasteiger charge is 2.26. The number of anilines is 1. The first kappa shape index (κ1) is 21.4. The van der Waals surface area contributed by atoms with Gasteiger partial charge in [-0.1, -0.05) is 97.1 Å². The number of fused-ring (bicyclic) bond motifs is 18. The van der Waals surface area contributed by atoms with E-state index in [1.165, 1.54) is 0 Å². The van der Waals surface area contributed by atoms with Crippen molar-refractivity contribution in [2.45, 2.75) is 6.17 Å². The van der Waals surface area contributed by atoms with E-state index in [0.717, 1.165) is 72.0 Å². The summed E-state index contributed by atoms with van der Waals surface area (Å²) in [5.41, 5.74) is 5.83. The first-order valence-corrected chi connectivity index (χ1v) is 13.3. The van der Waals surface area contributed by atoms with E-state index in [2.05, 4.69) is 88.1 Å². The van der Waals surface area contributed by atoms with Gasteiger partial charge in [0.1, 0.15) is 23.3 Å². The summed E-state index contributed by atoms with van der Waals surface area (Å²) in [4.78, 5) is 27.3. The standard InChI is InChI=1S/C33H21N7/c1-3-11-20-18(9-1)26-17-27-19-10-2-4-12-21(19)29(35-27)37-31-23-14-6-8-16-25(23)33(39-31)40-32-24-15-7-5-13-22(24)30(38-32)36-28(20)34-26/h1-17,28,36,38H,(H,35,37,39,40)/t28-/m1/s1. The second kappa shape index (κ2) is 7.97. The molecule has 0 spiro atoms. The molecule has 4 aromatic carbocycles. The number of aromatic amines is 2. The minimum absolute atomic E-state index is 0.250. The highest BCUT2D eigenvalue weighted by molar-refractivity contribution is 6.25. The van der Waals surface area contributed by atoms with Crippen molar-refractivity contribution >= 4 is 56.6 Å². The van der Waals surface area contributed by atoms with Crippen molar-refractivity contribution in [1.82, 2.24) is 9.97 Å². The van der Waals surface area contributed by atoms with Gasteiger partial charge in [0.2, 0.25) is 0 Å². The van der Waals surface area contributed by atoms with Crippen molar-refractivity contribution in [2.75, 3.05) is 5.32 Å². The maximum absolute atomic E-state index is 5.16. The average Bonchev–Trinajstić information content (AvgIpc) is 3.73. The SMILES string of the molecule is C1=c2[nH]c(c3ccccc23)=NC2=NC(=Nc3[nH]c(c4ccccc34)N[C@H]3N=C1c1ccccc13)c1ccccc12. The van der Waals surface area contributed by atoms with Crippen LogP contribution in [0.2, 0.25) is 0 Å². The van der Waals surface area contributed by atoms with E-state index < -0.39 is 0 Å². The molecule has 6 aromatic rings. The Morgan fingerprint density at radius 3 is 2.02 bits per heavy atom. The molecule has 0 saturated carbocycles. The van der Waals surface area contributed by atoms with E-state index in [0.29, 0.717) is 11.7 Å². The topological polar surface area (TPSA) is 93.0 Å². The van der Waals surface area contributed by atoms with E-state index in [1.54, 1.807) is 0 Å². The van der Waals surface area contributed by atoms with Gasteiger partial charge in [-0.25, -0.2) is 15.0 Å². The Morgan fingerprint density at radius 1 is 0.550 bits per heavy atom. The van der Waals surface area contributed by atoms with Gasteiger partial charge in [0, 0.05) is 49.1 Å². The van der Waals surface area contributed by atoms with Crippen LogP contribution in [0.3, 0.4) is 0 Å². The number of rotatable bonds is 0. The van der Waals surface area contributed by atoms with Crippen molar-refractivity contribution < 1.29 is 0 Å². The lowest BCUT2D eigenvalue weighted by Crippen LogP contribution is -2.14. The Labute approximate surface area is 228 Å². The summed E-state index contributed by atoms with van der Waals surface area (Å²) < 4.78 is 0. The summed E-state index contributed by atoms with van der Waals surface area (Å²) in [6, 6.07) is 33.1. The summed E-state index contributed by atoms with van der Waals surface area (Å²) in [5.74, 6) is 2.89. The molecule has 7 heteroatoms. The lowest BCUT2D eigenvalue weighted by atomic mass is 10.0. The van der Waals surface area contributed by atoms with Gasteiger partial charge in [-0.05, 0) is 6.08 Å². The molecule has 0 saturated heterocycles. The number of nitrogens with zero attached hydrogens (tertiary/aromatic N) is 4. The highest BCUT2D eigenvalue weighted by atomic mass is 15.2. The number of nitrogens with one attached hydrogen (secondary N) is 3. The molecular formula is C33H21N7. The van der Waals surface area contributed by atoms with Crippen LogP contribution in [-0.4, -0.2) is 27.4 Å². The van der Waals surface area contributed by atoms with Crippen LogP contribution in [0, 0.1) is 0 Å².